The SMILES string of the molecule is O=C(NCC(F)(F)F)NC1(c2cccc(Br)c2)CCOCC1. The van der Waals surface area contributed by atoms with Gasteiger partial charge in [-0.15, -0.1) is 0 Å². The molecule has 0 unspecified atom stereocenters. The molecule has 0 bridgehead atoms. The van der Waals surface area contributed by atoms with Crippen molar-refractivity contribution < 1.29 is 22.7 Å². The Morgan fingerprint density at radius 1 is 1.32 bits per heavy atom. The van der Waals surface area contributed by atoms with Crippen LogP contribution in [0.25, 0.3) is 0 Å². The van der Waals surface area contributed by atoms with E-state index in [1.807, 2.05) is 29.6 Å². The molecule has 1 aliphatic rings. The molecule has 0 aliphatic carbocycles. The number of carbonyl (C=O) groups excluding carboxylic acids is 1. The quantitative estimate of drug-likeness (QED) is 0.844. The summed E-state index contributed by atoms with van der Waals surface area (Å²) in [7, 11) is 0. The van der Waals surface area contributed by atoms with Crippen molar-refractivity contribution in [1.29, 1.82) is 0 Å². The average molecular weight is 381 g/mol. The minimum absolute atomic E-state index is 0.437. The molecular formula is C14H16BrF3N2O2. The summed E-state index contributed by atoms with van der Waals surface area (Å²) < 4.78 is 42.7. The maximum absolute atomic E-state index is 12.2. The fourth-order valence-corrected chi connectivity index (χ4v) is 2.83. The number of hydrogen-bond acceptors (Lipinski definition) is 2. The first-order valence-corrected chi connectivity index (χ1v) is 7.57. The molecular weight excluding hydrogens is 365 g/mol. The number of carbonyl (C=O) groups is 1. The van der Waals surface area contributed by atoms with Crippen molar-refractivity contribution in [2.75, 3.05) is 19.8 Å². The van der Waals surface area contributed by atoms with Crippen molar-refractivity contribution in [3.05, 3.63) is 34.3 Å². The molecule has 0 saturated carbocycles. The second-order valence-electron chi connectivity index (χ2n) is 5.13. The molecule has 1 aliphatic heterocycles. The molecule has 2 rings (SSSR count). The normalized spacial score (nSPS) is 17.8. The molecule has 8 heteroatoms. The first kappa shape index (κ1) is 17.1. The third kappa shape index (κ3) is 4.61. The Labute approximate surface area is 134 Å². The second kappa shape index (κ2) is 6.87. The van der Waals surface area contributed by atoms with Crippen LogP contribution in [0.5, 0.6) is 0 Å². The second-order valence-corrected chi connectivity index (χ2v) is 6.04. The van der Waals surface area contributed by atoms with Gasteiger partial charge in [-0.3, -0.25) is 0 Å². The van der Waals surface area contributed by atoms with E-state index in [2.05, 4.69) is 21.2 Å². The van der Waals surface area contributed by atoms with Crippen LogP contribution in [0.15, 0.2) is 28.7 Å². The van der Waals surface area contributed by atoms with E-state index in [1.165, 1.54) is 0 Å². The van der Waals surface area contributed by atoms with Gasteiger partial charge >= 0.3 is 12.2 Å². The Hall–Kier alpha value is -1.28. The smallest absolute Gasteiger partial charge is 0.381 e. The molecule has 2 N–H and O–H groups in total. The number of urea groups is 1. The fourth-order valence-electron chi connectivity index (χ4n) is 2.43. The van der Waals surface area contributed by atoms with Crippen LogP contribution in [-0.4, -0.2) is 32.0 Å². The predicted octanol–water partition coefficient (Wildman–Crippen LogP) is 3.32. The molecule has 0 radical (unpaired) electrons. The predicted molar refractivity (Wildman–Crippen MR) is 78.5 cm³/mol. The summed E-state index contributed by atoms with van der Waals surface area (Å²) in [5, 5.41) is 4.55. The zero-order chi connectivity index (χ0) is 16.2. The highest BCUT2D eigenvalue weighted by molar-refractivity contribution is 9.10. The molecule has 2 amide bonds. The lowest BCUT2D eigenvalue weighted by Crippen LogP contribution is -2.53. The molecule has 0 spiro atoms. The van der Waals surface area contributed by atoms with Crippen LogP contribution in [0.1, 0.15) is 18.4 Å². The van der Waals surface area contributed by atoms with Gasteiger partial charge in [0.15, 0.2) is 0 Å². The van der Waals surface area contributed by atoms with Crippen molar-refractivity contribution in [2.24, 2.45) is 0 Å². The zero-order valence-electron chi connectivity index (χ0n) is 11.7. The van der Waals surface area contributed by atoms with Gasteiger partial charge < -0.3 is 15.4 Å². The van der Waals surface area contributed by atoms with Gasteiger partial charge in [0.05, 0.1) is 5.54 Å². The summed E-state index contributed by atoms with van der Waals surface area (Å²) in [5.74, 6) is 0. The Bertz CT molecular complexity index is 531. The summed E-state index contributed by atoms with van der Waals surface area (Å²) in [6, 6.07) is 6.54. The molecule has 1 aromatic carbocycles. The van der Waals surface area contributed by atoms with Crippen molar-refractivity contribution >= 4 is 22.0 Å². The van der Waals surface area contributed by atoms with Gasteiger partial charge in [-0.05, 0) is 30.5 Å². The number of benzene rings is 1. The highest BCUT2D eigenvalue weighted by atomic mass is 79.9. The summed E-state index contributed by atoms with van der Waals surface area (Å²) in [4.78, 5) is 11.8. The van der Waals surface area contributed by atoms with Crippen LogP contribution in [0.4, 0.5) is 18.0 Å². The van der Waals surface area contributed by atoms with Crippen LogP contribution in [0.3, 0.4) is 0 Å². The number of ether oxygens (including phenoxy) is 1. The number of nitrogens with one attached hydrogen (secondary N) is 2. The standard InChI is InChI=1S/C14H16BrF3N2O2/c15-11-3-1-2-10(8-11)13(4-6-22-7-5-13)20-12(21)19-9-14(16,17)18/h1-3,8H,4-7,9H2,(H2,19,20,21). The van der Waals surface area contributed by atoms with E-state index in [4.69, 9.17) is 4.74 Å². The minimum Gasteiger partial charge on any atom is -0.381 e. The number of halogens is 4. The van der Waals surface area contributed by atoms with Crippen LogP contribution in [-0.2, 0) is 10.3 Å². The summed E-state index contributed by atoms with van der Waals surface area (Å²) in [6.45, 7) is -0.484. The van der Waals surface area contributed by atoms with E-state index < -0.39 is 24.3 Å². The summed E-state index contributed by atoms with van der Waals surface area (Å²) in [5.41, 5.74) is 0.116. The van der Waals surface area contributed by atoms with Crippen LogP contribution < -0.4 is 10.6 Å². The highest BCUT2D eigenvalue weighted by Gasteiger charge is 2.37. The van der Waals surface area contributed by atoms with E-state index >= 15 is 0 Å². The van der Waals surface area contributed by atoms with Gasteiger partial charge in [0.25, 0.3) is 0 Å². The average Bonchev–Trinajstić information content (AvgIpc) is 2.45. The van der Waals surface area contributed by atoms with Gasteiger partial charge in [-0.25, -0.2) is 4.79 Å². The van der Waals surface area contributed by atoms with Gasteiger partial charge in [-0.2, -0.15) is 13.2 Å². The van der Waals surface area contributed by atoms with Crippen molar-refractivity contribution in [2.45, 2.75) is 24.6 Å². The lowest BCUT2D eigenvalue weighted by Gasteiger charge is -2.38. The van der Waals surface area contributed by atoms with E-state index in [0.717, 1.165) is 10.0 Å². The molecule has 1 fully saturated rings. The summed E-state index contributed by atoms with van der Waals surface area (Å²) in [6.07, 6.45) is -3.43. The maximum atomic E-state index is 12.2. The van der Waals surface area contributed by atoms with Crippen LogP contribution >= 0.6 is 15.9 Å². The zero-order valence-corrected chi connectivity index (χ0v) is 13.3. The summed E-state index contributed by atoms with van der Waals surface area (Å²) >= 11 is 3.37. The molecule has 1 heterocycles. The van der Waals surface area contributed by atoms with E-state index in [-0.39, 0.29) is 0 Å². The fraction of sp³-hybridized carbons (Fsp3) is 0.500. The molecule has 1 saturated heterocycles. The van der Waals surface area contributed by atoms with E-state index in [1.54, 1.807) is 0 Å². The monoisotopic (exact) mass is 380 g/mol. The lowest BCUT2D eigenvalue weighted by molar-refractivity contribution is -0.122. The molecule has 0 atom stereocenters. The van der Waals surface area contributed by atoms with Gasteiger partial charge in [0, 0.05) is 17.7 Å². The van der Waals surface area contributed by atoms with Crippen LogP contribution in [0.2, 0.25) is 0 Å². The number of rotatable bonds is 3. The Morgan fingerprint density at radius 2 is 2.00 bits per heavy atom. The van der Waals surface area contributed by atoms with E-state index in [0.29, 0.717) is 26.1 Å². The largest absolute Gasteiger partial charge is 0.405 e. The first-order chi connectivity index (χ1) is 10.3. The highest BCUT2D eigenvalue weighted by Crippen LogP contribution is 2.33. The van der Waals surface area contributed by atoms with Gasteiger partial charge in [0.1, 0.15) is 6.54 Å². The van der Waals surface area contributed by atoms with Crippen molar-refractivity contribution in [3.8, 4) is 0 Å². The van der Waals surface area contributed by atoms with Gasteiger partial charge in [0.2, 0.25) is 0 Å². The third-order valence-corrected chi connectivity index (χ3v) is 4.02. The molecule has 1 aromatic rings. The van der Waals surface area contributed by atoms with Crippen molar-refractivity contribution in [3.63, 3.8) is 0 Å². The maximum Gasteiger partial charge on any atom is 0.405 e. The first-order valence-electron chi connectivity index (χ1n) is 6.77. The Morgan fingerprint density at radius 3 is 2.59 bits per heavy atom. The Kier molecular flexibility index (Phi) is 5.33. The van der Waals surface area contributed by atoms with Crippen LogP contribution in [0, 0.1) is 0 Å². The third-order valence-electron chi connectivity index (χ3n) is 3.53. The number of amides is 2. The molecule has 4 nitrogen and oxygen atoms in total. The Balaban J connectivity index is 2.14. The van der Waals surface area contributed by atoms with Gasteiger partial charge in [-0.1, -0.05) is 28.1 Å². The molecule has 122 valence electrons. The number of hydrogen-bond donors (Lipinski definition) is 2. The van der Waals surface area contributed by atoms with Crippen molar-refractivity contribution in [1.82, 2.24) is 10.6 Å². The molecule has 22 heavy (non-hydrogen) atoms. The number of alkyl halides is 3. The minimum atomic E-state index is -4.43. The topological polar surface area (TPSA) is 50.4 Å². The molecule has 0 aromatic heterocycles. The van der Waals surface area contributed by atoms with E-state index in [9.17, 15) is 18.0 Å². The lowest BCUT2D eigenvalue weighted by atomic mass is 9.83.